The van der Waals surface area contributed by atoms with Gasteiger partial charge in [0.1, 0.15) is 0 Å². The highest BCUT2D eigenvalue weighted by atomic mass is 32.2. The quantitative estimate of drug-likeness (QED) is 0.172. The Labute approximate surface area is 182 Å². The molecule has 1 aliphatic heterocycles. The summed E-state index contributed by atoms with van der Waals surface area (Å²) in [5, 5.41) is 10.9. The molecule has 0 radical (unpaired) electrons. The molecule has 14 heteroatoms. The molecule has 0 spiro atoms. The SMILES string of the molecule is C=CCON(C1CN(BC=O)Cc2c1sc(=O)n2C)S(=O)(=O)c1ccc([N+](=O)[O-])cc1. The Morgan fingerprint density at radius 2 is 2.10 bits per heavy atom. The first-order chi connectivity index (χ1) is 14.7. The molecule has 164 valence electrons. The highest BCUT2D eigenvalue weighted by Gasteiger charge is 2.40. The first-order valence-corrected chi connectivity index (χ1v) is 11.3. The van der Waals surface area contributed by atoms with E-state index in [4.69, 9.17) is 4.84 Å². The predicted molar refractivity (Wildman–Crippen MR) is 115 cm³/mol. The Bertz CT molecular complexity index is 1160. The molecule has 1 aromatic carbocycles. The maximum absolute atomic E-state index is 13.4. The molecular formula is C17H19BN4O7S2. The van der Waals surface area contributed by atoms with E-state index >= 15 is 0 Å². The molecule has 11 nitrogen and oxygen atoms in total. The molecule has 0 fully saturated rings. The number of benzene rings is 1. The first-order valence-electron chi connectivity index (χ1n) is 9.08. The highest BCUT2D eigenvalue weighted by molar-refractivity contribution is 7.89. The molecule has 3 rings (SSSR count). The molecule has 2 aromatic rings. The standard InChI is InChI=1S/C17H19BN4O7S2/c1-3-8-29-22(31(27,28)13-6-4-12(5-7-13)21(25)26)15-10-20(18-11-23)9-14-16(15)30-17(24)19(14)2/h3-7,11,15,18H,1,8-10H2,2H3. The Morgan fingerprint density at radius 3 is 2.68 bits per heavy atom. The maximum Gasteiger partial charge on any atom is 0.307 e. The Kier molecular flexibility index (Phi) is 6.86. The fraction of sp³-hybridized carbons (Fsp3) is 0.294. The fourth-order valence-corrected chi connectivity index (χ4v) is 5.77. The summed E-state index contributed by atoms with van der Waals surface area (Å²) < 4.78 is 29.0. The van der Waals surface area contributed by atoms with Crippen molar-refractivity contribution in [1.29, 1.82) is 0 Å². The zero-order chi connectivity index (χ0) is 22.8. The number of hydrogen-bond donors (Lipinski definition) is 0. The van der Waals surface area contributed by atoms with Crippen molar-refractivity contribution in [2.75, 3.05) is 13.2 Å². The van der Waals surface area contributed by atoms with E-state index < -0.39 is 21.0 Å². The van der Waals surface area contributed by atoms with Gasteiger partial charge < -0.3 is 14.2 Å². The van der Waals surface area contributed by atoms with Crippen LogP contribution >= 0.6 is 11.3 Å². The normalized spacial score (nSPS) is 16.6. The summed E-state index contributed by atoms with van der Waals surface area (Å²) >= 11 is 0.916. The zero-order valence-corrected chi connectivity index (χ0v) is 18.2. The van der Waals surface area contributed by atoms with Gasteiger partial charge in [0.25, 0.3) is 23.1 Å². The van der Waals surface area contributed by atoms with Crippen LogP contribution in [0.15, 0.2) is 46.6 Å². The topological polar surface area (TPSA) is 132 Å². The van der Waals surface area contributed by atoms with E-state index in [1.165, 1.54) is 10.6 Å². The van der Waals surface area contributed by atoms with Gasteiger partial charge in [0.2, 0.25) is 0 Å². The molecule has 1 aromatic heterocycles. The number of sulfonamides is 1. The van der Waals surface area contributed by atoms with E-state index in [2.05, 4.69) is 6.58 Å². The van der Waals surface area contributed by atoms with E-state index in [9.17, 15) is 28.1 Å². The molecule has 31 heavy (non-hydrogen) atoms. The largest absolute Gasteiger partial charge is 0.332 e. The van der Waals surface area contributed by atoms with E-state index in [0.29, 0.717) is 23.3 Å². The van der Waals surface area contributed by atoms with Crippen LogP contribution in [0.25, 0.3) is 0 Å². The van der Waals surface area contributed by atoms with Crippen molar-refractivity contribution in [2.45, 2.75) is 17.5 Å². The van der Waals surface area contributed by atoms with Crippen LogP contribution < -0.4 is 4.87 Å². The summed E-state index contributed by atoms with van der Waals surface area (Å²) in [6.07, 6.45) is 2.07. The maximum atomic E-state index is 13.4. The second-order valence-corrected chi connectivity index (χ2v) is 9.48. The summed E-state index contributed by atoms with van der Waals surface area (Å²) in [5.41, 5.74) is 0.343. The van der Waals surface area contributed by atoms with Gasteiger partial charge in [-0.05, 0) is 12.1 Å². The third-order valence-electron chi connectivity index (χ3n) is 4.76. The Morgan fingerprint density at radius 1 is 1.42 bits per heavy atom. The van der Waals surface area contributed by atoms with Gasteiger partial charge in [0, 0.05) is 38.0 Å². The number of hydrogen-bond acceptors (Lipinski definition) is 9. The molecule has 2 heterocycles. The van der Waals surface area contributed by atoms with Crippen molar-refractivity contribution >= 4 is 40.6 Å². The number of rotatable bonds is 9. The number of nitro groups is 1. The number of hydroxylamine groups is 1. The van der Waals surface area contributed by atoms with Crippen molar-refractivity contribution in [1.82, 2.24) is 13.8 Å². The van der Waals surface area contributed by atoms with E-state index in [1.807, 2.05) is 0 Å². The van der Waals surface area contributed by atoms with Gasteiger partial charge >= 0.3 is 4.87 Å². The van der Waals surface area contributed by atoms with Crippen molar-refractivity contribution < 1.29 is 23.0 Å². The molecule has 1 atom stereocenters. The van der Waals surface area contributed by atoms with Crippen LogP contribution in [0.3, 0.4) is 0 Å². The number of nitro benzene ring substituents is 1. The van der Waals surface area contributed by atoms with Crippen LogP contribution in [-0.4, -0.2) is 53.9 Å². The third kappa shape index (κ3) is 4.52. The summed E-state index contributed by atoms with van der Waals surface area (Å²) in [5.74, 6) is 0. The molecule has 0 aliphatic carbocycles. The number of fused-ring (bicyclic) bond motifs is 1. The zero-order valence-electron chi connectivity index (χ0n) is 16.5. The number of carbonyl (C=O) groups is 1. The van der Waals surface area contributed by atoms with E-state index in [0.717, 1.165) is 40.1 Å². The molecule has 1 aliphatic rings. The highest BCUT2D eigenvalue weighted by Crippen LogP contribution is 2.36. The molecule has 0 saturated carbocycles. The molecule has 0 bridgehead atoms. The monoisotopic (exact) mass is 466 g/mol. The van der Waals surface area contributed by atoms with Crippen molar-refractivity contribution in [3.8, 4) is 0 Å². The summed E-state index contributed by atoms with van der Waals surface area (Å²) in [6.45, 7) is 3.84. The lowest BCUT2D eigenvalue weighted by Gasteiger charge is -2.36. The minimum Gasteiger partial charge on any atom is -0.332 e. The molecule has 0 N–H and O–H groups in total. The van der Waals surface area contributed by atoms with Gasteiger partial charge in [-0.25, -0.2) is 8.42 Å². The number of non-ortho nitro benzene ring substituents is 1. The fourth-order valence-electron chi connectivity index (χ4n) is 3.25. The van der Waals surface area contributed by atoms with Crippen LogP contribution in [0.1, 0.15) is 16.6 Å². The second kappa shape index (κ2) is 9.24. The first kappa shape index (κ1) is 23.0. The minimum atomic E-state index is -4.28. The van der Waals surface area contributed by atoms with Gasteiger partial charge in [0.15, 0.2) is 0 Å². The lowest BCUT2D eigenvalue weighted by molar-refractivity contribution is -0.384. The van der Waals surface area contributed by atoms with Gasteiger partial charge in [0.05, 0.1) is 33.5 Å². The molecule has 1 unspecified atom stereocenters. The van der Waals surface area contributed by atoms with Crippen molar-refractivity contribution in [3.63, 3.8) is 0 Å². The average molecular weight is 466 g/mol. The molecule has 0 saturated heterocycles. The molecular weight excluding hydrogens is 447 g/mol. The minimum absolute atomic E-state index is 0.0485. The number of thiazole rings is 1. The van der Waals surface area contributed by atoms with Crippen LogP contribution in [0.4, 0.5) is 5.69 Å². The van der Waals surface area contributed by atoms with Crippen LogP contribution in [-0.2, 0) is 33.2 Å². The van der Waals surface area contributed by atoms with E-state index in [1.54, 1.807) is 11.9 Å². The Balaban J connectivity index is 2.10. The predicted octanol–water partition coefficient (Wildman–Crippen LogP) is 0.562. The van der Waals surface area contributed by atoms with Crippen molar-refractivity contribution in [3.05, 3.63) is 67.3 Å². The summed E-state index contributed by atoms with van der Waals surface area (Å²) in [6, 6.07) is 3.52. The lowest BCUT2D eigenvalue weighted by Crippen LogP contribution is -2.46. The van der Waals surface area contributed by atoms with Crippen LogP contribution in [0.5, 0.6) is 0 Å². The average Bonchev–Trinajstić information content (AvgIpc) is 3.02. The van der Waals surface area contributed by atoms with Crippen molar-refractivity contribution in [2.24, 2.45) is 7.05 Å². The van der Waals surface area contributed by atoms with Crippen LogP contribution in [0.2, 0.25) is 0 Å². The summed E-state index contributed by atoms with van der Waals surface area (Å²) in [7, 11) is -2.65. The summed E-state index contributed by atoms with van der Waals surface area (Å²) in [4.78, 5) is 40.9. The van der Waals surface area contributed by atoms with Gasteiger partial charge in [-0.2, -0.15) is 0 Å². The van der Waals surface area contributed by atoms with Gasteiger partial charge in [-0.3, -0.25) is 19.7 Å². The van der Waals surface area contributed by atoms with E-state index in [-0.39, 0.29) is 36.0 Å². The third-order valence-corrected chi connectivity index (χ3v) is 7.63. The second-order valence-electron chi connectivity index (χ2n) is 6.71. The number of nitrogens with zero attached hydrogens (tertiary/aromatic N) is 4. The number of aromatic nitrogens is 1. The van der Waals surface area contributed by atoms with Crippen LogP contribution in [0, 0.1) is 10.1 Å². The smallest absolute Gasteiger partial charge is 0.307 e. The Hall–Kier alpha value is -2.65. The van der Waals surface area contributed by atoms with Gasteiger partial charge in [-0.15, -0.1) is 6.58 Å². The lowest BCUT2D eigenvalue weighted by atomic mass is 9.90. The molecule has 0 amide bonds. The number of carbonyl (C=O) groups excluding carboxylic acids is 1. The van der Waals surface area contributed by atoms with Gasteiger partial charge in [-0.1, -0.05) is 21.9 Å².